The first-order chi connectivity index (χ1) is 8.08. The fourth-order valence-electron chi connectivity index (χ4n) is 2.39. The van der Waals surface area contributed by atoms with Crippen LogP contribution in [0.3, 0.4) is 0 Å². The van der Waals surface area contributed by atoms with E-state index >= 15 is 0 Å². The van der Waals surface area contributed by atoms with Gasteiger partial charge in [-0.25, -0.2) is 20.0 Å². The number of hydrogen-bond donors (Lipinski definition) is 2. The number of aliphatic imine (C=N–C) groups is 4. The Hall–Kier alpha value is -0.980. The average molecular weight is 290 g/mol. The molecule has 3 N–H and O–H groups in total. The third-order valence-electron chi connectivity index (χ3n) is 3.29. The quantitative estimate of drug-likeness (QED) is 0.549. The van der Waals surface area contributed by atoms with Crippen molar-refractivity contribution in [2.45, 2.75) is 30.5 Å². The van der Waals surface area contributed by atoms with Crippen LogP contribution in [0.15, 0.2) is 20.0 Å². The van der Waals surface area contributed by atoms with Crippen molar-refractivity contribution in [1.29, 1.82) is 0 Å². The molecule has 0 aromatic rings. The van der Waals surface area contributed by atoms with E-state index in [1.54, 1.807) is 0 Å². The van der Waals surface area contributed by atoms with E-state index < -0.39 is 5.12 Å². The molecule has 3 aliphatic rings. The fourth-order valence-corrected chi connectivity index (χ4v) is 2.76. The summed E-state index contributed by atoms with van der Waals surface area (Å²) in [6.45, 7) is 0. The van der Waals surface area contributed by atoms with Gasteiger partial charge in [0.1, 0.15) is 6.34 Å². The number of halogens is 2. The predicted octanol–water partition coefficient (Wildman–Crippen LogP) is 0.714. The SMILES string of the molecule is Cl.NC1=NC(Cl)(C2CCC(O)C2)N=C2N=CN=C12. The topological polar surface area (TPSA) is 95.7 Å². The molecule has 8 heteroatoms. The van der Waals surface area contributed by atoms with Crippen LogP contribution in [-0.4, -0.2) is 40.1 Å². The Kier molecular flexibility index (Phi) is 3.44. The lowest BCUT2D eigenvalue weighted by atomic mass is 10.0. The van der Waals surface area contributed by atoms with Gasteiger partial charge in [0.15, 0.2) is 17.4 Å². The number of nitrogens with zero attached hydrogens (tertiary/aromatic N) is 4. The van der Waals surface area contributed by atoms with Gasteiger partial charge in [-0.3, -0.25) is 0 Å². The minimum Gasteiger partial charge on any atom is -0.393 e. The standard InChI is InChI=1S/C10H12ClN5O.ClH/c11-10(5-1-2-6(17)3-5)15-8(12)7-9(16-10)14-4-13-7;/h4-6,17H,1-3H2,(H2,12,15);1H. The molecular formula is C10H13Cl2N5O. The van der Waals surface area contributed by atoms with Crippen LogP contribution in [0, 0.1) is 5.92 Å². The minimum absolute atomic E-state index is 0. The van der Waals surface area contributed by atoms with Gasteiger partial charge in [-0.2, -0.15) is 0 Å². The van der Waals surface area contributed by atoms with Crippen molar-refractivity contribution >= 4 is 47.7 Å². The van der Waals surface area contributed by atoms with E-state index in [2.05, 4.69) is 20.0 Å². The van der Waals surface area contributed by atoms with Crippen LogP contribution in [0.4, 0.5) is 0 Å². The van der Waals surface area contributed by atoms with Gasteiger partial charge in [-0.1, -0.05) is 11.6 Å². The van der Waals surface area contributed by atoms with Crippen LogP contribution < -0.4 is 5.73 Å². The Balaban J connectivity index is 0.00000120. The van der Waals surface area contributed by atoms with Gasteiger partial charge in [-0.15, -0.1) is 12.4 Å². The number of fused-ring (bicyclic) bond motifs is 1. The molecule has 2 heterocycles. The molecule has 6 nitrogen and oxygen atoms in total. The van der Waals surface area contributed by atoms with Crippen molar-refractivity contribution < 1.29 is 5.11 Å². The van der Waals surface area contributed by atoms with Crippen molar-refractivity contribution in [3.8, 4) is 0 Å². The number of alkyl halides is 1. The van der Waals surface area contributed by atoms with Gasteiger partial charge in [-0.05, 0) is 19.3 Å². The van der Waals surface area contributed by atoms with Gasteiger partial charge >= 0.3 is 0 Å². The summed E-state index contributed by atoms with van der Waals surface area (Å²) in [6.07, 6.45) is 3.17. The molecule has 1 fully saturated rings. The molecule has 0 radical (unpaired) electrons. The molecule has 1 aliphatic carbocycles. The smallest absolute Gasteiger partial charge is 0.232 e. The lowest BCUT2D eigenvalue weighted by Crippen LogP contribution is -2.41. The fraction of sp³-hybridized carbons (Fsp3) is 0.600. The maximum Gasteiger partial charge on any atom is 0.232 e. The van der Waals surface area contributed by atoms with Crippen LogP contribution in [0.5, 0.6) is 0 Å². The Labute approximate surface area is 115 Å². The Morgan fingerprint density at radius 3 is 2.83 bits per heavy atom. The molecule has 1 saturated carbocycles. The zero-order valence-electron chi connectivity index (χ0n) is 9.45. The zero-order chi connectivity index (χ0) is 12.0. The molecule has 0 aromatic heterocycles. The maximum atomic E-state index is 9.56. The van der Waals surface area contributed by atoms with Crippen LogP contribution in [-0.2, 0) is 0 Å². The Morgan fingerprint density at radius 2 is 2.17 bits per heavy atom. The summed E-state index contributed by atoms with van der Waals surface area (Å²) in [5.41, 5.74) is 6.30. The molecule has 98 valence electrons. The van der Waals surface area contributed by atoms with E-state index in [0.29, 0.717) is 18.0 Å². The summed E-state index contributed by atoms with van der Waals surface area (Å²) < 4.78 is 0. The number of amidine groups is 2. The lowest BCUT2D eigenvalue weighted by molar-refractivity contribution is 0.173. The van der Waals surface area contributed by atoms with Crippen molar-refractivity contribution in [1.82, 2.24) is 0 Å². The Bertz CT molecular complexity index is 487. The van der Waals surface area contributed by atoms with Crippen LogP contribution in [0.25, 0.3) is 0 Å². The van der Waals surface area contributed by atoms with Crippen molar-refractivity contribution in [2.24, 2.45) is 31.6 Å². The summed E-state index contributed by atoms with van der Waals surface area (Å²) in [6, 6.07) is 0. The highest BCUT2D eigenvalue weighted by atomic mass is 35.5. The van der Waals surface area contributed by atoms with Gasteiger partial charge < -0.3 is 10.8 Å². The van der Waals surface area contributed by atoms with E-state index in [9.17, 15) is 5.11 Å². The second kappa shape index (κ2) is 4.60. The normalized spacial score (nSPS) is 37.6. The molecule has 3 atom stereocenters. The van der Waals surface area contributed by atoms with E-state index in [0.717, 1.165) is 12.8 Å². The van der Waals surface area contributed by atoms with Gasteiger partial charge in [0.25, 0.3) is 0 Å². The maximum absolute atomic E-state index is 9.56. The largest absolute Gasteiger partial charge is 0.393 e. The summed E-state index contributed by atoms with van der Waals surface area (Å²) in [4.78, 5) is 16.5. The third kappa shape index (κ3) is 2.04. The number of rotatable bonds is 1. The minimum atomic E-state index is -1.13. The molecule has 0 saturated heterocycles. The molecule has 2 aliphatic heterocycles. The zero-order valence-corrected chi connectivity index (χ0v) is 11.0. The number of nitrogens with two attached hydrogens (primary N) is 1. The Morgan fingerprint density at radius 1 is 1.39 bits per heavy atom. The summed E-state index contributed by atoms with van der Waals surface area (Å²) >= 11 is 6.41. The number of aliphatic hydroxyl groups excluding tert-OH is 1. The highest BCUT2D eigenvalue weighted by Gasteiger charge is 2.44. The predicted molar refractivity (Wildman–Crippen MR) is 74.2 cm³/mol. The van der Waals surface area contributed by atoms with Crippen molar-refractivity contribution in [3.63, 3.8) is 0 Å². The first-order valence-corrected chi connectivity index (χ1v) is 5.89. The van der Waals surface area contributed by atoms with E-state index in [4.69, 9.17) is 17.3 Å². The van der Waals surface area contributed by atoms with Gasteiger partial charge in [0.2, 0.25) is 5.12 Å². The van der Waals surface area contributed by atoms with Crippen LogP contribution >= 0.6 is 24.0 Å². The summed E-state index contributed by atoms with van der Waals surface area (Å²) in [5, 5.41) is 8.43. The molecule has 3 unspecified atom stereocenters. The molecule has 18 heavy (non-hydrogen) atoms. The molecule has 0 amide bonds. The molecule has 0 bridgehead atoms. The lowest BCUT2D eigenvalue weighted by Gasteiger charge is -2.28. The highest BCUT2D eigenvalue weighted by Crippen LogP contribution is 2.42. The number of aliphatic hydroxyl groups is 1. The monoisotopic (exact) mass is 289 g/mol. The average Bonchev–Trinajstić information content (AvgIpc) is 2.86. The first-order valence-electron chi connectivity index (χ1n) is 5.52. The summed E-state index contributed by atoms with van der Waals surface area (Å²) in [5.74, 6) is 0.695. The van der Waals surface area contributed by atoms with Crippen molar-refractivity contribution in [3.05, 3.63) is 0 Å². The molecular weight excluding hydrogens is 277 g/mol. The second-order valence-electron chi connectivity index (χ2n) is 4.45. The molecule has 0 spiro atoms. The van der Waals surface area contributed by atoms with Gasteiger partial charge in [0, 0.05) is 5.92 Å². The highest BCUT2D eigenvalue weighted by molar-refractivity contribution is 6.71. The second-order valence-corrected chi connectivity index (χ2v) is 5.01. The van der Waals surface area contributed by atoms with Crippen molar-refractivity contribution in [2.75, 3.05) is 0 Å². The van der Waals surface area contributed by atoms with Crippen LogP contribution in [0.1, 0.15) is 19.3 Å². The van der Waals surface area contributed by atoms with Gasteiger partial charge in [0.05, 0.1) is 6.10 Å². The van der Waals surface area contributed by atoms with E-state index in [1.807, 2.05) is 0 Å². The first kappa shape index (κ1) is 13.5. The number of hydrogen-bond acceptors (Lipinski definition) is 6. The van der Waals surface area contributed by atoms with E-state index in [-0.39, 0.29) is 30.3 Å². The molecule has 0 aromatic carbocycles. The van der Waals surface area contributed by atoms with E-state index in [1.165, 1.54) is 6.34 Å². The summed E-state index contributed by atoms with van der Waals surface area (Å²) in [7, 11) is 0. The third-order valence-corrected chi connectivity index (χ3v) is 3.76. The molecule has 3 rings (SSSR count). The van der Waals surface area contributed by atoms with Crippen LogP contribution in [0.2, 0.25) is 0 Å².